The first-order valence-electron chi connectivity index (χ1n) is 7.19. The van der Waals surface area contributed by atoms with Crippen LogP contribution in [-0.2, 0) is 11.3 Å². The lowest BCUT2D eigenvalue weighted by molar-refractivity contribution is 0.193. The van der Waals surface area contributed by atoms with Crippen LogP contribution < -0.4 is 10.2 Å². The van der Waals surface area contributed by atoms with Crippen LogP contribution >= 0.6 is 0 Å². The van der Waals surface area contributed by atoms with E-state index in [2.05, 4.69) is 48.3 Å². The van der Waals surface area contributed by atoms with Crippen LogP contribution in [0.25, 0.3) is 0 Å². The van der Waals surface area contributed by atoms with Crippen molar-refractivity contribution < 1.29 is 4.74 Å². The average molecular weight is 262 g/mol. The van der Waals surface area contributed by atoms with Crippen LogP contribution in [0.4, 0.5) is 5.69 Å². The Morgan fingerprint density at radius 3 is 2.84 bits per heavy atom. The van der Waals surface area contributed by atoms with Crippen molar-refractivity contribution in [3.05, 3.63) is 29.8 Å². The number of ether oxygens (including phenoxy) is 1. The lowest BCUT2D eigenvalue weighted by atomic mass is 10.1. The van der Waals surface area contributed by atoms with Crippen molar-refractivity contribution >= 4 is 5.69 Å². The van der Waals surface area contributed by atoms with Crippen LogP contribution in [0.1, 0.15) is 32.3 Å². The number of benzene rings is 1. The maximum atomic E-state index is 5.14. The lowest BCUT2D eigenvalue weighted by Gasteiger charge is -2.32. The average Bonchev–Trinajstić information content (AvgIpc) is 2.52. The summed E-state index contributed by atoms with van der Waals surface area (Å²) in [4.78, 5) is 2.52. The van der Waals surface area contributed by atoms with Crippen LogP contribution in [0, 0.1) is 0 Å². The Bertz CT molecular complexity index is 403. The van der Waals surface area contributed by atoms with E-state index in [4.69, 9.17) is 4.74 Å². The van der Waals surface area contributed by atoms with Gasteiger partial charge in [0.25, 0.3) is 0 Å². The maximum absolute atomic E-state index is 5.14. The molecule has 1 N–H and O–H groups in total. The van der Waals surface area contributed by atoms with Crippen molar-refractivity contribution in [2.45, 2.75) is 38.8 Å². The molecule has 1 aliphatic rings. The molecule has 1 heterocycles. The van der Waals surface area contributed by atoms with Crippen molar-refractivity contribution in [3.63, 3.8) is 0 Å². The summed E-state index contributed by atoms with van der Waals surface area (Å²) in [6, 6.07) is 8.74. The zero-order chi connectivity index (χ0) is 13.7. The zero-order valence-corrected chi connectivity index (χ0v) is 12.4. The first-order valence-corrected chi connectivity index (χ1v) is 7.19. The third-order valence-electron chi connectivity index (χ3n) is 3.70. The van der Waals surface area contributed by atoms with Crippen molar-refractivity contribution in [2.24, 2.45) is 0 Å². The highest BCUT2D eigenvalue weighted by molar-refractivity contribution is 5.54. The fourth-order valence-electron chi connectivity index (χ4n) is 2.67. The van der Waals surface area contributed by atoms with Gasteiger partial charge in [-0.15, -0.1) is 0 Å². The van der Waals surface area contributed by atoms with Gasteiger partial charge in [-0.3, -0.25) is 0 Å². The van der Waals surface area contributed by atoms with E-state index in [0.29, 0.717) is 0 Å². The first-order chi connectivity index (χ1) is 9.12. The number of hydrogen-bond donors (Lipinski definition) is 1. The molecular weight excluding hydrogens is 236 g/mol. The number of nitrogens with zero attached hydrogens (tertiary/aromatic N) is 1. The highest BCUT2D eigenvalue weighted by atomic mass is 16.5. The molecule has 0 spiro atoms. The summed E-state index contributed by atoms with van der Waals surface area (Å²) in [6.45, 7) is 8.53. The molecule has 0 radical (unpaired) electrons. The van der Waals surface area contributed by atoms with Gasteiger partial charge in [0.2, 0.25) is 0 Å². The Morgan fingerprint density at radius 2 is 2.05 bits per heavy atom. The Kier molecular flexibility index (Phi) is 4.83. The van der Waals surface area contributed by atoms with Gasteiger partial charge in [0, 0.05) is 44.6 Å². The van der Waals surface area contributed by atoms with Crippen LogP contribution in [0.2, 0.25) is 0 Å². The highest BCUT2D eigenvalue weighted by Gasteiger charge is 2.26. The lowest BCUT2D eigenvalue weighted by Crippen LogP contribution is -2.47. The predicted molar refractivity (Wildman–Crippen MR) is 80.7 cm³/mol. The second-order valence-corrected chi connectivity index (χ2v) is 5.99. The third kappa shape index (κ3) is 3.95. The molecule has 3 heteroatoms. The number of fused-ring (bicyclic) bond motifs is 1. The molecule has 106 valence electrons. The summed E-state index contributed by atoms with van der Waals surface area (Å²) in [5.74, 6) is 0. The Hall–Kier alpha value is -1.06. The molecule has 19 heavy (non-hydrogen) atoms. The van der Waals surface area contributed by atoms with Gasteiger partial charge >= 0.3 is 0 Å². The standard InChI is InChI=1S/C16H26N2O/c1-16(2)13-18(10-6-7-11-19-3)15-9-5-4-8-14(15)12-17-16/h4-5,8-9,17H,6-7,10-13H2,1-3H3. The number of para-hydroxylation sites is 1. The molecule has 0 bridgehead atoms. The smallest absolute Gasteiger partial charge is 0.0462 e. The molecule has 1 aromatic rings. The number of nitrogens with one attached hydrogen (secondary N) is 1. The van der Waals surface area contributed by atoms with E-state index in [0.717, 1.165) is 32.7 Å². The van der Waals surface area contributed by atoms with Gasteiger partial charge in [0.1, 0.15) is 0 Å². The first kappa shape index (κ1) is 14.4. The highest BCUT2D eigenvalue weighted by Crippen LogP contribution is 2.26. The predicted octanol–water partition coefficient (Wildman–Crippen LogP) is 2.80. The summed E-state index contributed by atoms with van der Waals surface area (Å²) in [7, 11) is 1.77. The molecule has 2 rings (SSSR count). The fraction of sp³-hybridized carbons (Fsp3) is 0.625. The van der Waals surface area contributed by atoms with Crippen LogP contribution in [0.5, 0.6) is 0 Å². The van der Waals surface area contributed by atoms with E-state index in [-0.39, 0.29) is 5.54 Å². The Morgan fingerprint density at radius 1 is 1.26 bits per heavy atom. The van der Waals surface area contributed by atoms with E-state index in [1.165, 1.54) is 17.7 Å². The molecule has 1 aliphatic heterocycles. The van der Waals surface area contributed by atoms with Gasteiger partial charge in [-0.1, -0.05) is 18.2 Å². The van der Waals surface area contributed by atoms with Gasteiger partial charge in [-0.25, -0.2) is 0 Å². The van der Waals surface area contributed by atoms with Crippen molar-refractivity contribution in [1.82, 2.24) is 5.32 Å². The van der Waals surface area contributed by atoms with Gasteiger partial charge in [0.05, 0.1) is 0 Å². The van der Waals surface area contributed by atoms with Crippen LogP contribution in [0.15, 0.2) is 24.3 Å². The number of methoxy groups -OCH3 is 1. The second-order valence-electron chi connectivity index (χ2n) is 5.99. The Balaban J connectivity index is 2.09. The minimum Gasteiger partial charge on any atom is -0.385 e. The molecule has 3 nitrogen and oxygen atoms in total. The largest absolute Gasteiger partial charge is 0.385 e. The quantitative estimate of drug-likeness (QED) is 0.826. The molecule has 0 aliphatic carbocycles. The van der Waals surface area contributed by atoms with E-state index in [1.807, 2.05) is 0 Å². The number of unbranched alkanes of at least 4 members (excludes halogenated alkanes) is 1. The summed E-state index contributed by atoms with van der Waals surface area (Å²) in [5.41, 5.74) is 2.94. The summed E-state index contributed by atoms with van der Waals surface area (Å²) < 4.78 is 5.14. The third-order valence-corrected chi connectivity index (χ3v) is 3.70. The molecule has 0 saturated carbocycles. The van der Waals surface area contributed by atoms with Gasteiger partial charge in [-0.05, 0) is 38.3 Å². The zero-order valence-electron chi connectivity index (χ0n) is 12.4. The molecule has 0 amide bonds. The van der Waals surface area contributed by atoms with E-state index in [1.54, 1.807) is 7.11 Å². The Labute approximate surface area is 116 Å². The van der Waals surface area contributed by atoms with E-state index in [9.17, 15) is 0 Å². The minimum absolute atomic E-state index is 0.153. The van der Waals surface area contributed by atoms with E-state index >= 15 is 0 Å². The van der Waals surface area contributed by atoms with Crippen molar-refractivity contribution in [2.75, 3.05) is 31.7 Å². The van der Waals surface area contributed by atoms with Crippen LogP contribution in [0.3, 0.4) is 0 Å². The molecule has 0 unspecified atom stereocenters. The summed E-state index contributed by atoms with van der Waals surface area (Å²) in [5, 5.41) is 3.64. The molecule has 0 aromatic heterocycles. The van der Waals surface area contributed by atoms with Crippen LogP contribution in [-0.4, -0.2) is 32.3 Å². The van der Waals surface area contributed by atoms with Gasteiger partial charge in [0.15, 0.2) is 0 Å². The molecule has 1 aromatic carbocycles. The van der Waals surface area contributed by atoms with Gasteiger partial charge in [-0.2, -0.15) is 0 Å². The second kappa shape index (κ2) is 6.40. The van der Waals surface area contributed by atoms with Gasteiger partial charge < -0.3 is 15.0 Å². The maximum Gasteiger partial charge on any atom is 0.0462 e. The summed E-state index contributed by atoms with van der Waals surface area (Å²) >= 11 is 0. The monoisotopic (exact) mass is 262 g/mol. The number of anilines is 1. The fourth-order valence-corrected chi connectivity index (χ4v) is 2.67. The number of rotatable bonds is 5. The normalized spacial score (nSPS) is 17.9. The molecule has 0 fully saturated rings. The molecule has 0 atom stereocenters. The minimum atomic E-state index is 0.153. The SMILES string of the molecule is COCCCCN1CC(C)(C)NCc2ccccc21. The van der Waals surface area contributed by atoms with Crippen molar-refractivity contribution in [1.29, 1.82) is 0 Å². The topological polar surface area (TPSA) is 24.5 Å². The number of hydrogen-bond acceptors (Lipinski definition) is 3. The molecule has 0 saturated heterocycles. The van der Waals surface area contributed by atoms with Crippen molar-refractivity contribution in [3.8, 4) is 0 Å². The summed E-state index contributed by atoms with van der Waals surface area (Å²) in [6.07, 6.45) is 2.31. The molecular formula is C16H26N2O. The van der Waals surface area contributed by atoms with E-state index < -0.39 is 0 Å².